The number of hydrogen-bond donors (Lipinski definition) is 1. The van der Waals surface area contributed by atoms with Crippen molar-refractivity contribution in [2.75, 3.05) is 0 Å². The largest absolute Gasteiger partial charge is 0.565 e. The zero-order valence-electron chi connectivity index (χ0n) is 73.0. The summed E-state index contributed by atoms with van der Waals surface area (Å²) < 4.78 is 66.7. The van der Waals surface area contributed by atoms with Crippen molar-refractivity contribution in [1.29, 1.82) is 0 Å². The first kappa shape index (κ1) is 99.2. The van der Waals surface area contributed by atoms with Crippen LogP contribution in [0.3, 0.4) is 0 Å². The molecule has 0 atom stereocenters. The molecule has 0 amide bonds. The topological polar surface area (TPSA) is 149 Å². The second-order valence-corrected chi connectivity index (χ2v) is 47.9. The van der Waals surface area contributed by atoms with Gasteiger partial charge < -0.3 is 15.0 Å². The summed E-state index contributed by atoms with van der Waals surface area (Å²) >= 11 is 0. The highest BCUT2D eigenvalue weighted by molar-refractivity contribution is 7.88. The lowest BCUT2D eigenvalue weighted by molar-refractivity contribution is -0.275. The Bertz CT molecular complexity index is 1850. The number of hydrogen-bond acceptors (Lipinski definition) is 6. The van der Waals surface area contributed by atoms with Crippen molar-refractivity contribution in [2.24, 2.45) is 18.1 Å². The van der Waals surface area contributed by atoms with Gasteiger partial charge in [-0.2, -0.15) is 0 Å². The first-order valence-electron chi connectivity index (χ1n) is 38.5. The first-order chi connectivity index (χ1) is 43.7. The standard InChI is InChI=1S/C72H168N16P5.CH2O3/c1-49(2)77(50(3)4)90(78(51(5)6)52(7)8,79(53(9)10)54(11)12)73-89(74-91(80(55(13)14)56(15)16,81(57(17)18)58(19)20)82(59(21)22)60(23)24,75-92(83(61(25)26)62(27)28,84(63(29)30)64(31)32)85(65(33)34)66(35)36)76-93(86(67(37)38)68(39)40,87(69(41)42)70(43)44)88(71(45)46)72(47)48;2-1(3)4/h49-72H,1-48H3;(H2,2,3,4)/q+1;/p-1. The summed E-state index contributed by atoms with van der Waals surface area (Å²) in [5.74, 6) is 0. The molecule has 0 spiro atoms. The van der Waals surface area contributed by atoms with Crippen molar-refractivity contribution in [2.45, 2.75) is 477 Å². The van der Waals surface area contributed by atoms with Crippen LogP contribution in [-0.4, -0.2) is 212 Å². The molecule has 19 nitrogen and oxygen atoms in total. The molecule has 584 valence electrons. The van der Waals surface area contributed by atoms with Crippen molar-refractivity contribution in [1.82, 2.24) is 56.0 Å². The average molecular weight is 1470 g/mol. The summed E-state index contributed by atoms with van der Waals surface area (Å²) in [4.78, 5) is 8.44. The summed E-state index contributed by atoms with van der Waals surface area (Å²) in [6.07, 6.45) is -2.08. The lowest BCUT2D eigenvalue weighted by atomic mass is 10.3. The molecular weight excluding hydrogens is 1300 g/mol. The number of rotatable bonds is 40. The van der Waals surface area contributed by atoms with Crippen LogP contribution in [0.15, 0.2) is 18.1 Å². The predicted octanol–water partition coefficient (Wildman–Crippen LogP) is 22.8. The van der Waals surface area contributed by atoms with E-state index in [-0.39, 0.29) is 145 Å². The van der Waals surface area contributed by atoms with Gasteiger partial charge in [0.1, 0.15) is 0 Å². The van der Waals surface area contributed by atoms with E-state index in [9.17, 15) is 0 Å². The van der Waals surface area contributed by atoms with Crippen LogP contribution in [-0.2, 0) is 0 Å². The maximum atomic E-state index is 8.44. The normalized spacial score (nSPS) is 14.6. The van der Waals surface area contributed by atoms with Gasteiger partial charge in [0.25, 0.3) is 0 Å². The van der Waals surface area contributed by atoms with Gasteiger partial charge in [0.05, 0.1) is 0 Å². The number of carboxylic acid groups (broad SMARTS) is 2. The third kappa shape index (κ3) is 23.1. The first-order valence-corrected chi connectivity index (χ1v) is 46.5. The minimum atomic E-state index is -4.38. The van der Waals surface area contributed by atoms with Crippen LogP contribution in [0, 0.1) is 0 Å². The molecule has 0 radical (unpaired) electrons. The molecule has 0 heterocycles. The molecule has 0 aromatic rings. The minimum absolute atomic E-state index is 0.0538. The lowest BCUT2D eigenvalue weighted by Crippen LogP contribution is -2.54. The number of carbonyl (C=O) groups is 1. The van der Waals surface area contributed by atoms with Gasteiger partial charge in [0.2, 0.25) is 36.2 Å². The van der Waals surface area contributed by atoms with Crippen molar-refractivity contribution < 1.29 is 15.0 Å². The molecule has 0 rings (SSSR count). The third-order valence-electron chi connectivity index (χ3n) is 17.4. The molecule has 24 heteroatoms. The van der Waals surface area contributed by atoms with E-state index in [1.807, 2.05) is 0 Å². The molecule has 0 fully saturated rings. The second kappa shape index (κ2) is 41.3. The molecule has 97 heavy (non-hydrogen) atoms. The van der Waals surface area contributed by atoms with Crippen LogP contribution in [0.25, 0.3) is 0 Å². The summed E-state index contributed by atoms with van der Waals surface area (Å²) in [5.41, 5.74) is 0. The van der Waals surface area contributed by atoms with E-state index in [1.54, 1.807) is 0 Å². The van der Waals surface area contributed by atoms with Crippen LogP contribution >= 0.6 is 37.9 Å². The van der Waals surface area contributed by atoms with E-state index in [1.165, 1.54) is 0 Å². The minimum Gasteiger partial charge on any atom is -0.565 e. The second-order valence-electron chi connectivity index (χ2n) is 34.1. The summed E-state index contributed by atoms with van der Waals surface area (Å²) in [6.45, 7) is 118. The Kier molecular flexibility index (Phi) is 42.2. The highest BCUT2D eigenvalue weighted by Crippen LogP contribution is 2.90. The van der Waals surface area contributed by atoms with Gasteiger partial charge in [-0.1, -0.05) is 0 Å². The summed E-state index contributed by atoms with van der Waals surface area (Å²) in [6, 6.07) is 1.29. The van der Waals surface area contributed by atoms with E-state index in [2.05, 4.69) is 388 Å². The van der Waals surface area contributed by atoms with Crippen LogP contribution in [0.1, 0.15) is 332 Å². The van der Waals surface area contributed by atoms with Gasteiger partial charge in [-0.05, 0) is 350 Å². The highest BCUT2D eigenvalue weighted by atomic mass is 31.3. The Hall–Kier alpha value is 0.140. The third-order valence-corrected chi connectivity index (χ3v) is 43.6. The molecule has 0 unspecified atom stereocenters. The van der Waals surface area contributed by atoms with Crippen molar-refractivity contribution in [3.05, 3.63) is 0 Å². The maximum Gasteiger partial charge on any atom is 0.502 e. The van der Waals surface area contributed by atoms with E-state index in [4.69, 9.17) is 33.1 Å². The molecule has 0 aliphatic rings. The molecular formula is C73H169N16O3P5. The fraction of sp³-hybridized carbons (Fsp3) is 0.986. The van der Waals surface area contributed by atoms with E-state index < -0.39 is 44.0 Å². The van der Waals surface area contributed by atoms with Crippen LogP contribution in [0.2, 0.25) is 0 Å². The molecule has 0 aromatic carbocycles. The Balaban J connectivity index is 0. The van der Waals surface area contributed by atoms with Crippen molar-refractivity contribution in [3.8, 4) is 0 Å². The van der Waals surface area contributed by atoms with Crippen molar-refractivity contribution >= 4 is 44.0 Å². The van der Waals surface area contributed by atoms with Gasteiger partial charge in [-0.3, -0.25) is 0 Å². The number of nitrogens with zero attached hydrogens (tertiary/aromatic N) is 16. The Morgan fingerprint density at radius 1 is 0.206 bits per heavy atom. The zero-order chi connectivity index (χ0) is 77.7. The van der Waals surface area contributed by atoms with Crippen LogP contribution in [0.5, 0.6) is 0 Å². The van der Waals surface area contributed by atoms with E-state index >= 15 is 0 Å². The van der Waals surface area contributed by atoms with Crippen LogP contribution < -0.4 is 5.11 Å². The summed E-state index contributed by atoms with van der Waals surface area (Å²) in [5, 5.41) is 15.3. The maximum absolute atomic E-state index is 8.44. The van der Waals surface area contributed by atoms with Gasteiger partial charge in [0, 0.05) is 145 Å². The Morgan fingerprint density at radius 2 is 0.258 bits per heavy atom. The zero-order valence-corrected chi connectivity index (χ0v) is 77.5. The smallest absolute Gasteiger partial charge is 0.502 e. The van der Waals surface area contributed by atoms with E-state index in [0.29, 0.717) is 0 Å². The molecule has 0 aliphatic carbocycles. The Morgan fingerprint density at radius 3 is 0.299 bits per heavy atom. The predicted molar refractivity (Wildman–Crippen MR) is 438 cm³/mol. The molecule has 1 N–H and O–H groups in total. The highest BCUT2D eigenvalue weighted by Gasteiger charge is 2.65. The van der Waals surface area contributed by atoms with Gasteiger partial charge in [0.15, 0.2) is 0 Å². The summed E-state index contributed by atoms with van der Waals surface area (Å²) in [7, 11) is -18.2. The van der Waals surface area contributed by atoms with Crippen LogP contribution in [0.4, 0.5) is 4.79 Å². The quantitative estimate of drug-likeness (QED) is 0.0580. The lowest BCUT2D eigenvalue weighted by Gasteiger charge is -2.58. The molecule has 0 saturated carbocycles. The molecule has 0 aromatic heterocycles. The fourth-order valence-electron chi connectivity index (χ4n) is 17.3. The SMILES string of the molecule is CC(C)N(C(C)C)P(=N[P+](N=P(N(C(C)C)C(C)C)(N(C(C)C)C(C)C)N(C(C)C)C(C)C)(N=P(N(C(C)C)C(C)C)(N(C(C)C)C(C)C)N(C(C)C)C(C)C)N=P(N(C(C)C)C(C)C)(N(C(C)C)C(C)C)N(C(C)C)C(C)C)(N(C(C)C)C(C)C)N(C(C)C)C(C)C.O=C([O-])O. The molecule has 0 bridgehead atoms. The molecule has 0 saturated heterocycles. The van der Waals surface area contributed by atoms with E-state index in [0.717, 1.165) is 0 Å². The molecule has 0 aliphatic heterocycles. The fourth-order valence-corrected chi connectivity index (χ4v) is 47.4. The van der Waals surface area contributed by atoms with Gasteiger partial charge in [-0.25, -0.2) is 56.0 Å². The van der Waals surface area contributed by atoms with Crippen molar-refractivity contribution in [3.63, 3.8) is 0 Å². The van der Waals surface area contributed by atoms with Gasteiger partial charge in [-0.15, -0.1) is 0 Å². The Labute approximate surface area is 607 Å². The van der Waals surface area contributed by atoms with Gasteiger partial charge >= 0.3 is 7.87 Å². The monoisotopic (exact) mass is 1470 g/mol. The average Bonchev–Trinajstić information content (AvgIpc) is 3.30.